The molecule has 4 nitrogen and oxygen atoms in total. The van der Waals surface area contributed by atoms with Crippen LogP contribution in [-0.4, -0.2) is 49.3 Å². The van der Waals surface area contributed by atoms with Gasteiger partial charge in [0.1, 0.15) is 0 Å². The van der Waals surface area contributed by atoms with Crippen molar-refractivity contribution >= 4 is 0 Å². The molecule has 3 heterocycles. The van der Waals surface area contributed by atoms with Crippen molar-refractivity contribution in [2.24, 2.45) is 5.92 Å². The number of nitrogens with one attached hydrogen (secondary N) is 1. The number of rotatable bonds is 3. The topological polar surface area (TPSA) is 37.4 Å². The Hall–Kier alpha value is -0.970. The first-order valence-electron chi connectivity index (χ1n) is 6.86. The zero-order valence-corrected chi connectivity index (χ0v) is 10.7. The summed E-state index contributed by atoms with van der Waals surface area (Å²) in [5.41, 5.74) is 1.32. The van der Waals surface area contributed by atoms with Gasteiger partial charge in [-0.2, -0.15) is 0 Å². The summed E-state index contributed by atoms with van der Waals surface area (Å²) in [4.78, 5) is 6.84. The fourth-order valence-electron chi connectivity index (χ4n) is 2.93. The van der Waals surface area contributed by atoms with Crippen LogP contribution in [0.25, 0.3) is 0 Å². The standard InChI is InChI=1S/C14H21N3O/c1-2-13(8-15-4-1)14-9-16-5-6-17(14)10-12-3-7-18-11-12/h1-2,4,8,12,14,16H,3,5-7,9-11H2. The summed E-state index contributed by atoms with van der Waals surface area (Å²) in [6.07, 6.45) is 5.05. The Morgan fingerprint density at radius 1 is 1.50 bits per heavy atom. The lowest BCUT2D eigenvalue weighted by molar-refractivity contribution is 0.123. The van der Waals surface area contributed by atoms with E-state index in [2.05, 4.69) is 21.3 Å². The van der Waals surface area contributed by atoms with Crippen LogP contribution in [0.5, 0.6) is 0 Å². The van der Waals surface area contributed by atoms with Crippen molar-refractivity contribution < 1.29 is 4.74 Å². The Labute approximate surface area is 108 Å². The van der Waals surface area contributed by atoms with Crippen LogP contribution >= 0.6 is 0 Å². The molecule has 0 amide bonds. The molecule has 1 aromatic heterocycles. The Kier molecular flexibility index (Phi) is 3.88. The predicted octanol–water partition coefficient (Wildman–Crippen LogP) is 1.06. The van der Waals surface area contributed by atoms with Crippen molar-refractivity contribution in [1.82, 2.24) is 15.2 Å². The Morgan fingerprint density at radius 3 is 3.28 bits per heavy atom. The lowest BCUT2D eigenvalue weighted by Crippen LogP contribution is -2.47. The summed E-state index contributed by atoms with van der Waals surface area (Å²) in [5, 5.41) is 3.49. The first kappa shape index (κ1) is 12.1. The van der Waals surface area contributed by atoms with Gasteiger partial charge in [-0.25, -0.2) is 0 Å². The van der Waals surface area contributed by atoms with Gasteiger partial charge in [-0.1, -0.05) is 6.07 Å². The highest BCUT2D eigenvalue weighted by atomic mass is 16.5. The van der Waals surface area contributed by atoms with E-state index in [0.29, 0.717) is 12.0 Å². The van der Waals surface area contributed by atoms with Crippen molar-refractivity contribution in [3.05, 3.63) is 30.1 Å². The van der Waals surface area contributed by atoms with Gasteiger partial charge in [0.25, 0.3) is 0 Å². The van der Waals surface area contributed by atoms with E-state index in [1.807, 2.05) is 18.5 Å². The maximum Gasteiger partial charge on any atom is 0.0507 e. The first-order valence-corrected chi connectivity index (χ1v) is 6.86. The van der Waals surface area contributed by atoms with Gasteiger partial charge < -0.3 is 10.1 Å². The van der Waals surface area contributed by atoms with Gasteiger partial charge in [0, 0.05) is 51.2 Å². The monoisotopic (exact) mass is 247 g/mol. The van der Waals surface area contributed by atoms with E-state index in [0.717, 1.165) is 39.4 Å². The molecule has 0 radical (unpaired) electrons. The quantitative estimate of drug-likeness (QED) is 0.867. The number of nitrogens with zero attached hydrogens (tertiary/aromatic N) is 2. The van der Waals surface area contributed by atoms with E-state index in [1.165, 1.54) is 12.0 Å². The minimum atomic E-state index is 0.466. The Morgan fingerprint density at radius 2 is 2.50 bits per heavy atom. The van der Waals surface area contributed by atoms with Crippen LogP contribution in [0.1, 0.15) is 18.0 Å². The van der Waals surface area contributed by atoms with Gasteiger partial charge in [0.05, 0.1) is 6.61 Å². The first-order chi connectivity index (χ1) is 8.93. The van der Waals surface area contributed by atoms with E-state index < -0.39 is 0 Å². The van der Waals surface area contributed by atoms with Crippen molar-refractivity contribution in [3.63, 3.8) is 0 Å². The molecule has 98 valence electrons. The number of piperazine rings is 1. The zero-order valence-electron chi connectivity index (χ0n) is 10.7. The molecular weight excluding hydrogens is 226 g/mol. The highest BCUT2D eigenvalue weighted by molar-refractivity contribution is 5.15. The second kappa shape index (κ2) is 5.78. The molecule has 18 heavy (non-hydrogen) atoms. The highest BCUT2D eigenvalue weighted by Crippen LogP contribution is 2.24. The molecule has 2 unspecified atom stereocenters. The molecule has 2 atom stereocenters. The molecule has 0 aliphatic carbocycles. The highest BCUT2D eigenvalue weighted by Gasteiger charge is 2.27. The molecule has 3 rings (SSSR count). The fourth-order valence-corrected chi connectivity index (χ4v) is 2.93. The molecule has 0 spiro atoms. The molecule has 2 saturated heterocycles. The molecule has 1 N–H and O–H groups in total. The third-order valence-electron chi connectivity index (χ3n) is 3.94. The average Bonchev–Trinajstić information content (AvgIpc) is 2.93. The summed E-state index contributed by atoms with van der Waals surface area (Å²) in [6, 6.07) is 4.68. The van der Waals surface area contributed by atoms with Gasteiger partial charge in [-0.3, -0.25) is 9.88 Å². The van der Waals surface area contributed by atoms with E-state index in [4.69, 9.17) is 4.74 Å². The lowest BCUT2D eigenvalue weighted by Gasteiger charge is -2.37. The molecule has 0 saturated carbocycles. The number of ether oxygens (including phenoxy) is 1. The van der Waals surface area contributed by atoms with Crippen LogP contribution in [0.3, 0.4) is 0 Å². The molecule has 2 aliphatic heterocycles. The number of hydrogen-bond donors (Lipinski definition) is 1. The van der Waals surface area contributed by atoms with Gasteiger partial charge in [-0.15, -0.1) is 0 Å². The summed E-state index contributed by atoms with van der Waals surface area (Å²) in [6.45, 7) is 6.26. The van der Waals surface area contributed by atoms with Gasteiger partial charge >= 0.3 is 0 Å². The van der Waals surface area contributed by atoms with Crippen molar-refractivity contribution in [1.29, 1.82) is 0 Å². The fraction of sp³-hybridized carbons (Fsp3) is 0.643. The molecule has 2 fully saturated rings. The summed E-state index contributed by atoms with van der Waals surface area (Å²) < 4.78 is 5.48. The Balaban J connectivity index is 1.69. The molecular formula is C14H21N3O. The number of hydrogen-bond acceptors (Lipinski definition) is 4. The van der Waals surface area contributed by atoms with E-state index in [9.17, 15) is 0 Å². The van der Waals surface area contributed by atoms with Gasteiger partial charge in [0.2, 0.25) is 0 Å². The minimum Gasteiger partial charge on any atom is -0.381 e. The van der Waals surface area contributed by atoms with Crippen LogP contribution in [0, 0.1) is 5.92 Å². The molecule has 0 aromatic carbocycles. The normalized spacial score (nSPS) is 29.6. The zero-order chi connectivity index (χ0) is 12.2. The smallest absolute Gasteiger partial charge is 0.0507 e. The van der Waals surface area contributed by atoms with Crippen LogP contribution < -0.4 is 5.32 Å². The van der Waals surface area contributed by atoms with E-state index in [1.54, 1.807) is 0 Å². The molecule has 1 aromatic rings. The largest absolute Gasteiger partial charge is 0.381 e. The number of pyridine rings is 1. The van der Waals surface area contributed by atoms with Crippen molar-refractivity contribution in [2.45, 2.75) is 12.5 Å². The van der Waals surface area contributed by atoms with Crippen LogP contribution in [-0.2, 0) is 4.74 Å². The average molecular weight is 247 g/mol. The predicted molar refractivity (Wildman–Crippen MR) is 70.3 cm³/mol. The maximum absolute atomic E-state index is 5.48. The summed E-state index contributed by atoms with van der Waals surface area (Å²) in [7, 11) is 0. The third-order valence-corrected chi connectivity index (χ3v) is 3.94. The maximum atomic E-state index is 5.48. The van der Waals surface area contributed by atoms with Crippen LogP contribution in [0.15, 0.2) is 24.5 Å². The van der Waals surface area contributed by atoms with Gasteiger partial charge in [0.15, 0.2) is 0 Å². The SMILES string of the molecule is c1cncc(C2CNCCN2CC2CCOC2)c1. The van der Waals surface area contributed by atoms with E-state index >= 15 is 0 Å². The second-order valence-corrected chi connectivity index (χ2v) is 5.23. The molecule has 2 aliphatic rings. The van der Waals surface area contributed by atoms with Crippen LogP contribution in [0.4, 0.5) is 0 Å². The van der Waals surface area contributed by atoms with E-state index in [-0.39, 0.29) is 0 Å². The number of aromatic nitrogens is 1. The second-order valence-electron chi connectivity index (χ2n) is 5.23. The van der Waals surface area contributed by atoms with Crippen molar-refractivity contribution in [3.8, 4) is 0 Å². The summed E-state index contributed by atoms with van der Waals surface area (Å²) in [5.74, 6) is 0.710. The minimum absolute atomic E-state index is 0.466. The Bertz CT molecular complexity index is 365. The molecule has 0 bridgehead atoms. The van der Waals surface area contributed by atoms with Gasteiger partial charge in [-0.05, 0) is 24.0 Å². The lowest BCUT2D eigenvalue weighted by atomic mass is 10.0. The third kappa shape index (κ3) is 2.71. The van der Waals surface area contributed by atoms with Crippen molar-refractivity contribution in [2.75, 3.05) is 39.4 Å². The molecule has 4 heteroatoms. The summed E-state index contributed by atoms with van der Waals surface area (Å²) >= 11 is 0. The van der Waals surface area contributed by atoms with Crippen LogP contribution in [0.2, 0.25) is 0 Å².